The minimum Gasteiger partial charge on any atom is -0.408 e. The molecule has 4 heteroatoms. The number of rotatable bonds is 4. The topological polar surface area (TPSA) is 58.0 Å². The quantitative estimate of drug-likeness (QED) is 0.871. The Morgan fingerprint density at radius 2 is 2.33 bits per heavy atom. The minimum atomic E-state index is -0.387. The molecule has 0 aliphatic heterocycles. The molecule has 3 rings (SSSR count). The zero-order valence-electron chi connectivity index (χ0n) is 10.7. The lowest BCUT2D eigenvalue weighted by atomic mass is 10.0. The van der Waals surface area contributed by atoms with Gasteiger partial charge < -0.3 is 9.73 Å². The van der Waals surface area contributed by atoms with Gasteiger partial charge in [-0.15, -0.1) is 0 Å². The highest BCUT2D eigenvalue weighted by atomic mass is 16.4. The maximum atomic E-state index is 11.2. The van der Waals surface area contributed by atoms with Crippen LogP contribution < -0.4 is 11.1 Å². The van der Waals surface area contributed by atoms with Crippen molar-refractivity contribution in [2.75, 3.05) is 6.54 Å². The number of nitrogens with one attached hydrogen (secondary N) is 2. The molecule has 96 valence electrons. The lowest BCUT2D eigenvalue weighted by molar-refractivity contribution is 0.475. The van der Waals surface area contributed by atoms with Crippen LogP contribution in [0.5, 0.6) is 0 Å². The summed E-state index contributed by atoms with van der Waals surface area (Å²) in [4.78, 5) is 13.8. The van der Waals surface area contributed by atoms with Gasteiger partial charge in [-0.3, -0.25) is 4.98 Å². The third-order valence-corrected chi connectivity index (χ3v) is 3.83. The van der Waals surface area contributed by atoms with E-state index in [0.29, 0.717) is 17.5 Å². The Hall–Kier alpha value is -1.55. The predicted molar refractivity (Wildman–Crippen MR) is 70.5 cm³/mol. The second kappa shape index (κ2) is 4.28. The van der Waals surface area contributed by atoms with Gasteiger partial charge in [0.1, 0.15) is 0 Å². The summed E-state index contributed by atoms with van der Waals surface area (Å²) in [6, 6.07) is 6.35. The fourth-order valence-corrected chi connectivity index (χ4v) is 2.71. The molecule has 4 nitrogen and oxygen atoms in total. The Balaban J connectivity index is 1.97. The smallest absolute Gasteiger partial charge is 0.408 e. The first-order chi connectivity index (χ1) is 8.69. The van der Waals surface area contributed by atoms with Crippen LogP contribution in [0.3, 0.4) is 0 Å². The van der Waals surface area contributed by atoms with Crippen molar-refractivity contribution in [3.8, 4) is 0 Å². The van der Waals surface area contributed by atoms with Gasteiger partial charge in [-0.05, 0) is 42.5 Å². The van der Waals surface area contributed by atoms with Crippen molar-refractivity contribution < 1.29 is 4.42 Å². The van der Waals surface area contributed by atoms with E-state index in [4.69, 9.17) is 4.42 Å². The number of hydrogen-bond acceptors (Lipinski definition) is 3. The van der Waals surface area contributed by atoms with E-state index >= 15 is 0 Å². The van der Waals surface area contributed by atoms with Crippen molar-refractivity contribution in [3.05, 3.63) is 34.3 Å². The second-order valence-corrected chi connectivity index (χ2v) is 5.18. The van der Waals surface area contributed by atoms with Gasteiger partial charge in [-0.2, -0.15) is 0 Å². The van der Waals surface area contributed by atoms with Crippen LogP contribution in [0.2, 0.25) is 0 Å². The number of oxazole rings is 1. The van der Waals surface area contributed by atoms with Crippen LogP contribution in [0.25, 0.3) is 11.1 Å². The molecule has 0 saturated heterocycles. The van der Waals surface area contributed by atoms with E-state index in [-0.39, 0.29) is 5.76 Å². The standard InChI is InChI=1S/C14H18N2O2/c1-3-15-13(10-6-8(10)2)9-4-5-11-12(7-9)18-14(17)16-11/h4-5,7-8,10,13,15H,3,6H2,1-2H3,(H,16,17). The number of benzene rings is 1. The fraction of sp³-hybridized carbons (Fsp3) is 0.500. The van der Waals surface area contributed by atoms with Crippen molar-refractivity contribution in [1.29, 1.82) is 0 Å². The minimum absolute atomic E-state index is 0.370. The number of aromatic nitrogens is 1. The summed E-state index contributed by atoms with van der Waals surface area (Å²) in [6.07, 6.45) is 1.27. The Morgan fingerprint density at radius 1 is 1.56 bits per heavy atom. The lowest BCUT2D eigenvalue weighted by Crippen LogP contribution is -2.23. The molecule has 0 bridgehead atoms. The molecule has 0 radical (unpaired) electrons. The molecule has 1 fully saturated rings. The number of H-pyrrole nitrogens is 1. The highest BCUT2D eigenvalue weighted by Crippen LogP contribution is 2.47. The van der Waals surface area contributed by atoms with Gasteiger partial charge in [0.2, 0.25) is 0 Å². The van der Waals surface area contributed by atoms with Crippen molar-refractivity contribution in [2.45, 2.75) is 26.3 Å². The van der Waals surface area contributed by atoms with E-state index in [1.165, 1.54) is 12.0 Å². The molecule has 0 amide bonds. The highest BCUT2D eigenvalue weighted by Gasteiger charge is 2.39. The number of aromatic amines is 1. The Labute approximate surface area is 105 Å². The van der Waals surface area contributed by atoms with Crippen LogP contribution in [-0.4, -0.2) is 11.5 Å². The van der Waals surface area contributed by atoms with Gasteiger partial charge >= 0.3 is 5.76 Å². The summed E-state index contributed by atoms with van der Waals surface area (Å²) >= 11 is 0. The normalized spacial score (nSPS) is 24.3. The summed E-state index contributed by atoms with van der Waals surface area (Å²) in [5.41, 5.74) is 2.62. The molecular formula is C14H18N2O2. The number of fused-ring (bicyclic) bond motifs is 1. The van der Waals surface area contributed by atoms with Crippen LogP contribution >= 0.6 is 0 Å². The van der Waals surface area contributed by atoms with E-state index < -0.39 is 0 Å². The molecular weight excluding hydrogens is 228 g/mol. The Bertz CT molecular complexity index is 614. The summed E-state index contributed by atoms with van der Waals surface area (Å²) in [6.45, 7) is 5.35. The average molecular weight is 246 g/mol. The van der Waals surface area contributed by atoms with Crippen LogP contribution in [-0.2, 0) is 0 Å². The highest BCUT2D eigenvalue weighted by molar-refractivity contribution is 5.72. The lowest BCUT2D eigenvalue weighted by Gasteiger charge is -2.18. The maximum Gasteiger partial charge on any atom is 0.417 e. The van der Waals surface area contributed by atoms with Gasteiger partial charge in [0.05, 0.1) is 5.52 Å². The molecule has 0 spiro atoms. The van der Waals surface area contributed by atoms with Crippen molar-refractivity contribution in [3.63, 3.8) is 0 Å². The van der Waals surface area contributed by atoms with Gasteiger partial charge in [0.15, 0.2) is 5.58 Å². The van der Waals surface area contributed by atoms with E-state index in [1.807, 2.05) is 12.1 Å². The van der Waals surface area contributed by atoms with E-state index in [9.17, 15) is 4.79 Å². The fourth-order valence-electron chi connectivity index (χ4n) is 2.71. The molecule has 1 aliphatic carbocycles. The Morgan fingerprint density at radius 3 is 3.00 bits per heavy atom. The molecule has 3 atom stereocenters. The van der Waals surface area contributed by atoms with E-state index in [2.05, 4.69) is 30.2 Å². The number of hydrogen-bond donors (Lipinski definition) is 2. The first-order valence-corrected chi connectivity index (χ1v) is 6.55. The monoisotopic (exact) mass is 246 g/mol. The second-order valence-electron chi connectivity index (χ2n) is 5.18. The molecule has 1 aromatic carbocycles. The van der Waals surface area contributed by atoms with E-state index in [0.717, 1.165) is 18.0 Å². The van der Waals surface area contributed by atoms with Crippen LogP contribution in [0.1, 0.15) is 31.9 Å². The van der Waals surface area contributed by atoms with Crippen molar-refractivity contribution in [1.82, 2.24) is 10.3 Å². The molecule has 1 saturated carbocycles. The Kier molecular flexibility index (Phi) is 2.74. The summed E-state index contributed by atoms with van der Waals surface area (Å²) in [5.74, 6) is 1.10. The molecule has 1 aliphatic rings. The molecule has 1 heterocycles. The third-order valence-electron chi connectivity index (χ3n) is 3.83. The van der Waals surface area contributed by atoms with Crippen molar-refractivity contribution in [2.24, 2.45) is 11.8 Å². The van der Waals surface area contributed by atoms with Crippen molar-refractivity contribution >= 4 is 11.1 Å². The van der Waals surface area contributed by atoms with Gasteiger partial charge in [-0.1, -0.05) is 19.9 Å². The van der Waals surface area contributed by atoms with Crippen LogP contribution in [0, 0.1) is 11.8 Å². The summed E-state index contributed by atoms with van der Waals surface area (Å²) < 4.78 is 5.12. The first-order valence-electron chi connectivity index (χ1n) is 6.55. The third kappa shape index (κ3) is 1.97. The largest absolute Gasteiger partial charge is 0.417 e. The summed E-state index contributed by atoms with van der Waals surface area (Å²) in [5, 5.41) is 3.53. The average Bonchev–Trinajstić information content (AvgIpc) is 2.93. The van der Waals surface area contributed by atoms with E-state index in [1.54, 1.807) is 0 Å². The van der Waals surface area contributed by atoms with Gasteiger partial charge in [0, 0.05) is 6.04 Å². The van der Waals surface area contributed by atoms with Gasteiger partial charge in [0.25, 0.3) is 0 Å². The summed E-state index contributed by atoms with van der Waals surface area (Å²) in [7, 11) is 0. The van der Waals surface area contributed by atoms with Crippen LogP contribution in [0.4, 0.5) is 0 Å². The zero-order valence-corrected chi connectivity index (χ0v) is 10.7. The van der Waals surface area contributed by atoms with Gasteiger partial charge in [-0.25, -0.2) is 4.79 Å². The van der Waals surface area contributed by atoms with Crippen LogP contribution in [0.15, 0.2) is 27.4 Å². The maximum absolute atomic E-state index is 11.2. The molecule has 3 unspecified atom stereocenters. The predicted octanol–water partition coefficient (Wildman–Crippen LogP) is 2.43. The SMILES string of the molecule is CCNC(c1ccc2[nH]c(=O)oc2c1)C1CC1C. The molecule has 2 aromatic rings. The molecule has 1 aromatic heterocycles. The first kappa shape index (κ1) is 11.5. The molecule has 18 heavy (non-hydrogen) atoms. The molecule has 2 N–H and O–H groups in total. The zero-order chi connectivity index (χ0) is 12.7.